The van der Waals surface area contributed by atoms with Crippen LogP contribution in [0.5, 0.6) is 0 Å². The van der Waals surface area contributed by atoms with E-state index < -0.39 is 0 Å². The number of rotatable bonds is 3. The lowest BCUT2D eigenvalue weighted by Crippen LogP contribution is -2.38. The van der Waals surface area contributed by atoms with Crippen LogP contribution in [0.2, 0.25) is 0 Å². The van der Waals surface area contributed by atoms with Gasteiger partial charge in [0.15, 0.2) is 5.65 Å². The van der Waals surface area contributed by atoms with Gasteiger partial charge in [0.1, 0.15) is 23.6 Å². The quantitative estimate of drug-likeness (QED) is 0.804. The van der Waals surface area contributed by atoms with E-state index in [1.807, 2.05) is 28.7 Å². The first-order valence-electron chi connectivity index (χ1n) is 7.28. The Morgan fingerprint density at radius 1 is 1.50 bits per heavy atom. The third kappa shape index (κ3) is 2.17. The van der Waals surface area contributed by atoms with Crippen LogP contribution in [0.3, 0.4) is 0 Å². The molecule has 0 radical (unpaired) electrons. The van der Waals surface area contributed by atoms with Gasteiger partial charge < -0.3 is 10.1 Å². The minimum absolute atomic E-state index is 0.317. The van der Waals surface area contributed by atoms with Crippen molar-refractivity contribution in [2.45, 2.75) is 25.9 Å². The Kier molecular flexibility index (Phi) is 3.12. The second kappa shape index (κ2) is 5.03. The second-order valence-corrected chi connectivity index (χ2v) is 6.69. The molecule has 0 aromatic carbocycles. The third-order valence-electron chi connectivity index (χ3n) is 4.14. The molecule has 4 rings (SSSR count). The summed E-state index contributed by atoms with van der Waals surface area (Å²) < 4.78 is 7.92. The van der Waals surface area contributed by atoms with Crippen molar-refractivity contribution in [1.29, 1.82) is 0 Å². The van der Waals surface area contributed by atoms with Crippen LogP contribution in [0.25, 0.3) is 5.65 Å². The molecule has 0 aliphatic carbocycles. The summed E-state index contributed by atoms with van der Waals surface area (Å²) >= 11 is 1.81. The van der Waals surface area contributed by atoms with Gasteiger partial charge in [0.05, 0.1) is 6.61 Å². The Bertz CT molecular complexity index is 826. The minimum Gasteiger partial charge on any atom is -0.368 e. The molecule has 0 saturated carbocycles. The molecule has 3 aromatic rings. The predicted octanol–water partition coefficient (Wildman–Crippen LogP) is 2.39. The van der Waals surface area contributed by atoms with Crippen LogP contribution in [-0.2, 0) is 16.8 Å². The summed E-state index contributed by atoms with van der Waals surface area (Å²) in [5.74, 6) is 1.65. The first kappa shape index (κ1) is 13.7. The SMILES string of the molecule is Cc1nc(NCC2(C)OCCc3sccc32)cc2nncn12. The summed E-state index contributed by atoms with van der Waals surface area (Å²) in [7, 11) is 0. The van der Waals surface area contributed by atoms with Gasteiger partial charge in [0.2, 0.25) is 0 Å². The molecule has 22 heavy (non-hydrogen) atoms. The van der Waals surface area contributed by atoms with E-state index in [9.17, 15) is 0 Å². The van der Waals surface area contributed by atoms with Crippen molar-refractivity contribution in [3.05, 3.63) is 40.1 Å². The molecular formula is C15H17N5OS. The van der Waals surface area contributed by atoms with Gasteiger partial charge in [-0.1, -0.05) is 0 Å². The topological polar surface area (TPSA) is 64.3 Å². The Hall–Kier alpha value is -1.99. The van der Waals surface area contributed by atoms with Crippen LogP contribution in [-0.4, -0.2) is 32.7 Å². The van der Waals surface area contributed by atoms with Crippen molar-refractivity contribution in [3.63, 3.8) is 0 Å². The Labute approximate surface area is 132 Å². The number of ether oxygens (including phenoxy) is 1. The maximum atomic E-state index is 6.06. The largest absolute Gasteiger partial charge is 0.368 e. The van der Waals surface area contributed by atoms with Crippen molar-refractivity contribution in [1.82, 2.24) is 19.6 Å². The zero-order valence-electron chi connectivity index (χ0n) is 12.5. The molecule has 6 nitrogen and oxygen atoms in total. The molecule has 1 unspecified atom stereocenters. The average Bonchev–Trinajstić information content (AvgIpc) is 3.14. The van der Waals surface area contributed by atoms with Crippen LogP contribution < -0.4 is 5.32 Å². The number of anilines is 1. The smallest absolute Gasteiger partial charge is 0.165 e. The normalized spacial score (nSPS) is 21.0. The molecule has 114 valence electrons. The molecule has 4 heterocycles. The predicted molar refractivity (Wildman–Crippen MR) is 85.3 cm³/mol. The summed E-state index contributed by atoms with van der Waals surface area (Å²) in [6.45, 7) is 5.51. The highest BCUT2D eigenvalue weighted by Crippen LogP contribution is 2.36. The number of aryl methyl sites for hydroxylation is 1. The number of aromatic nitrogens is 4. The molecule has 0 saturated heterocycles. The zero-order valence-corrected chi connectivity index (χ0v) is 13.4. The zero-order chi connectivity index (χ0) is 15.2. The monoisotopic (exact) mass is 315 g/mol. The van der Waals surface area contributed by atoms with Gasteiger partial charge in [-0.2, -0.15) is 0 Å². The number of fused-ring (bicyclic) bond motifs is 2. The summed E-state index contributed by atoms with van der Waals surface area (Å²) in [6.07, 6.45) is 2.68. The van der Waals surface area contributed by atoms with Gasteiger partial charge in [-0.05, 0) is 30.9 Å². The summed E-state index contributed by atoms with van der Waals surface area (Å²) in [4.78, 5) is 5.98. The number of thiophene rings is 1. The highest BCUT2D eigenvalue weighted by molar-refractivity contribution is 7.10. The minimum atomic E-state index is -0.317. The number of hydrogen-bond donors (Lipinski definition) is 1. The second-order valence-electron chi connectivity index (χ2n) is 5.69. The summed E-state index contributed by atoms with van der Waals surface area (Å²) in [5, 5.41) is 13.5. The van der Waals surface area contributed by atoms with Crippen molar-refractivity contribution >= 4 is 22.8 Å². The van der Waals surface area contributed by atoms with E-state index in [0.29, 0.717) is 6.54 Å². The molecule has 0 spiro atoms. The molecule has 1 N–H and O–H groups in total. The fourth-order valence-electron chi connectivity index (χ4n) is 2.92. The first-order valence-corrected chi connectivity index (χ1v) is 8.16. The number of nitrogens with one attached hydrogen (secondary N) is 1. The van der Waals surface area contributed by atoms with E-state index in [0.717, 1.165) is 30.3 Å². The Balaban J connectivity index is 1.59. The van der Waals surface area contributed by atoms with Crippen LogP contribution >= 0.6 is 11.3 Å². The fraction of sp³-hybridized carbons (Fsp3) is 0.400. The molecule has 1 atom stereocenters. The van der Waals surface area contributed by atoms with E-state index in [1.54, 1.807) is 6.33 Å². The summed E-state index contributed by atoms with van der Waals surface area (Å²) in [5.41, 5.74) is 1.76. The molecule has 0 amide bonds. The van der Waals surface area contributed by atoms with Crippen LogP contribution in [0.15, 0.2) is 23.8 Å². The molecule has 1 aliphatic heterocycles. The number of hydrogen-bond acceptors (Lipinski definition) is 6. The van der Waals surface area contributed by atoms with Gasteiger partial charge in [0.25, 0.3) is 0 Å². The van der Waals surface area contributed by atoms with Gasteiger partial charge in [-0.25, -0.2) is 4.98 Å². The summed E-state index contributed by atoms with van der Waals surface area (Å²) in [6, 6.07) is 4.07. The lowest BCUT2D eigenvalue weighted by molar-refractivity contribution is -0.0348. The van der Waals surface area contributed by atoms with E-state index in [4.69, 9.17) is 4.74 Å². The lowest BCUT2D eigenvalue weighted by atomic mass is 9.93. The van der Waals surface area contributed by atoms with E-state index in [2.05, 4.69) is 38.9 Å². The number of nitrogens with zero attached hydrogens (tertiary/aromatic N) is 4. The van der Waals surface area contributed by atoms with Gasteiger partial charge in [0, 0.05) is 23.9 Å². The highest BCUT2D eigenvalue weighted by atomic mass is 32.1. The van der Waals surface area contributed by atoms with Gasteiger partial charge in [-0.3, -0.25) is 4.40 Å². The van der Waals surface area contributed by atoms with Gasteiger partial charge >= 0.3 is 0 Å². The first-order chi connectivity index (χ1) is 10.7. The Morgan fingerprint density at radius 2 is 2.41 bits per heavy atom. The van der Waals surface area contributed by atoms with E-state index >= 15 is 0 Å². The van der Waals surface area contributed by atoms with Crippen molar-refractivity contribution in [3.8, 4) is 0 Å². The van der Waals surface area contributed by atoms with E-state index in [1.165, 1.54) is 10.4 Å². The molecular weight excluding hydrogens is 298 g/mol. The maximum absolute atomic E-state index is 6.06. The van der Waals surface area contributed by atoms with E-state index in [-0.39, 0.29) is 5.60 Å². The highest BCUT2D eigenvalue weighted by Gasteiger charge is 2.34. The molecule has 0 bridgehead atoms. The standard InChI is InChI=1S/C15H17N5OS/c1-10-18-13(7-14-19-17-9-20(10)14)16-8-15(2)11-4-6-22-12(11)3-5-21-15/h4,6-7,9,16H,3,5,8H2,1-2H3. The lowest BCUT2D eigenvalue weighted by Gasteiger charge is -2.34. The van der Waals surface area contributed by atoms with Crippen molar-refractivity contribution < 1.29 is 4.74 Å². The molecule has 7 heteroatoms. The maximum Gasteiger partial charge on any atom is 0.165 e. The van der Waals surface area contributed by atoms with Crippen molar-refractivity contribution in [2.75, 3.05) is 18.5 Å². The van der Waals surface area contributed by atoms with Crippen LogP contribution in [0, 0.1) is 6.92 Å². The van der Waals surface area contributed by atoms with Crippen LogP contribution in [0.1, 0.15) is 23.2 Å². The average molecular weight is 315 g/mol. The molecule has 3 aromatic heterocycles. The van der Waals surface area contributed by atoms with Crippen molar-refractivity contribution in [2.24, 2.45) is 0 Å². The fourth-order valence-corrected chi connectivity index (χ4v) is 3.90. The third-order valence-corrected chi connectivity index (χ3v) is 5.12. The Morgan fingerprint density at radius 3 is 3.32 bits per heavy atom. The van der Waals surface area contributed by atoms with Gasteiger partial charge in [-0.15, -0.1) is 21.5 Å². The molecule has 0 fully saturated rings. The van der Waals surface area contributed by atoms with Crippen LogP contribution in [0.4, 0.5) is 5.82 Å². The molecule has 1 aliphatic rings.